The zero-order valence-electron chi connectivity index (χ0n) is 10.2. The molecule has 0 fully saturated rings. The van der Waals surface area contributed by atoms with Gasteiger partial charge in [-0.15, -0.1) is 0 Å². The monoisotopic (exact) mass is 205 g/mol. The highest BCUT2D eigenvalue weighted by atomic mass is 14.7. The van der Waals surface area contributed by atoms with Crippen molar-refractivity contribution in [2.45, 2.75) is 52.0 Å². The van der Waals surface area contributed by atoms with E-state index in [4.69, 9.17) is 5.73 Å². The molecule has 1 nitrogen and oxygen atoms in total. The second kappa shape index (κ2) is 5.32. The minimum absolute atomic E-state index is 0.0535. The van der Waals surface area contributed by atoms with Gasteiger partial charge in [0.25, 0.3) is 0 Å². The molecular formula is C14H23N. The molecule has 0 radical (unpaired) electrons. The summed E-state index contributed by atoms with van der Waals surface area (Å²) in [5.41, 5.74) is 8.74. The van der Waals surface area contributed by atoms with Gasteiger partial charge in [-0.1, -0.05) is 37.6 Å². The topological polar surface area (TPSA) is 26.0 Å². The van der Waals surface area contributed by atoms with Crippen LogP contribution < -0.4 is 5.73 Å². The first-order valence-corrected chi connectivity index (χ1v) is 5.88. The van der Waals surface area contributed by atoms with E-state index in [1.54, 1.807) is 0 Å². The van der Waals surface area contributed by atoms with Gasteiger partial charge >= 0.3 is 0 Å². The number of benzene rings is 1. The van der Waals surface area contributed by atoms with Gasteiger partial charge in [0, 0.05) is 5.54 Å². The molecule has 0 aliphatic heterocycles. The summed E-state index contributed by atoms with van der Waals surface area (Å²) >= 11 is 0. The van der Waals surface area contributed by atoms with Crippen molar-refractivity contribution in [2.75, 3.05) is 0 Å². The lowest BCUT2D eigenvalue weighted by Gasteiger charge is -2.18. The van der Waals surface area contributed by atoms with Gasteiger partial charge in [-0.3, -0.25) is 0 Å². The van der Waals surface area contributed by atoms with E-state index in [2.05, 4.69) is 45.0 Å². The molecule has 1 aromatic rings. The number of hydrogen-bond acceptors (Lipinski definition) is 1. The summed E-state index contributed by atoms with van der Waals surface area (Å²) in [4.78, 5) is 0. The zero-order valence-corrected chi connectivity index (χ0v) is 10.2. The van der Waals surface area contributed by atoms with Crippen LogP contribution in [0.15, 0.2) is 24.3 Å². The minimum Gasteiger partial charge on any atom is -0.326 e. The average Bonchev–Trinajstić information content (AvgIpc) is 2.16. The largest absolute Gasteiger partial charge is 0.326 e. The van der Waals surface area contributed by atoms with E-state index in [0.717, 1.165) is 12.8 Å². The number of rotatable bonds is 5. The lowest BCUT2D eigenvalue weighted by Crippen LogP contribution is -2.32. The summed E-state index contributed by atoms with van der Waals surface area (Å²) in [5.74, 6) is 0. The molecule has 0 unspecified atom stereocenters. The molecule has 0 spiro atoms. The van der Waals surface area contributed by atoms with Crippen LogP contribution in [0.25, 0.3) is 0 Å². The normalized spacial score (nSPS) is 11.7. The standard InChI is InChI=1S/C14H23N/c1-4-5-12-6-8-13(9-7-12)10-11-14(2,3)15/h6-9H,4-5,10-11,15H2,1-3H3. The van der Waals surface area contributed by atoms with E-state index >= 15 is 0 Å². The van der Waals surface area contributed by atoms with Crippen LogP contribution in [0.3, 0.4) is 0 Å². The van der Waals surface area contributed by atoms with Gasteiger partial charge in [0.15, 0.2) is 0 Å². The quantitative estimate of drug-likeness (QED) is 0.784. The van der Waals surface area contributed by atoms with Gasteiger partial charge in [-0.2, -0.15) is 0 Å². The molecular weight excluding hydrogens is 182 g/mol. The molecule has 0 atom stereocenters. The van der Waals surface area contributed by atoms with Crippen LogP contribution in [-0.4, -0.2) is 5.54 Å². The molecule has 1 rings (SSSR count). The van der Waals surface area contributed by atoms with Crippen LogP contribution in [0.1, 0.15) is 44.7 Å². The predicted molar refractivity (Wildman–Crippen MR) is 67.0 cm³/mol. The van der Waals surface area contributed by atoms with E-state index in [-0.39, 0.29) is 5.54 Å². The summed E-state index contributed by atoms with van der Waals surface area (Å²) in [6.07, 6.45) is 4.52. The Hall–Kier alpha value is -0.820. The van der Waals surface area contributed by atoms with Gasteiger partial charge in [-0.05, 0) is 44.2 Å². The van der Waals surface area contributed by atoms with Crippen molar-refractivity contribution in [3.8, 4) is 0 Å². The number of nitrogens with two attached hydrogens (primary N) is 1. The zero-order chi connectivity index (χ0) is 11.3. The summed E-state index contributed by atoms with van der Waals surface area (Å²) in [6.45, 7) is 6.38. The molecule has 0 aliphatic carbocycles. The molecule has 0 amide bonds. The number of aryl methyl sites for hydroxylation is 2. The lowest BCUT2D eigenvalue weighted by molar-refractivity contribution is 0.477. The molecule has 1 aromatic carbocycles. The highest BCUT2D eigenvalue weighted by Gasteiger charge is 2.09. The molecule has 0 heterocycles. The van der Waals surface area contributed by atoms with E-state index in [0.29, 0.717) is 0 Å². The van der Waals surface area contributed by atoms with Gasteiger partial charge in [0.1, 0.15) is 0 Å². The molecule has 15 heavy (non-hydrogen) atoms. The van der Waals surface area contributed by atoms with E-state index in [9.17, 15) is 0 Å². The fourth-order valence-electron chi connectivity index (χ4n) is 1.63. The van der Waals surface area contributed by atoms with Gasteiger partial charge in [0.2, 0.25) is 0 Å². The fourth-order valence-corrected chi connectivity index (χ4v) is 1.63. The Morgan fingerprint density at radius 2 is 1.47 bits per heavy atom. The van der Waals surface area contributed by atoms with Crippen molar-refractivity contribution in [3.05, 3.63) is 35.4 Å². The van der Waals surface area contributed by atoms with Crippen LogP contribution in [-0.2, 0) is 12.8 Å². The predicted octanol–water partition coefficient (Wildman–Crippen LogP) is 3.31. The molecule has 0 aliphatic rings. The molecule has 0 bridgehead atoms. The smallest absolute Gasteiger partial charge is 0.0100 e. The Kier molecular flexibility index (Phi) is 4.34. The third-order valence-electron chi connectivity index (χ3n) is 2.62. The van der Waals surface area contributed by atoms with E-state index in [1.165, 1.54) is 24.0 Å². The fraction of sp³-hybridized carbons (Fsp3) is 0.571. The Morgan fingerprint density at radius 3 is 1.87 bits per heavy atom. The van der Waals surface area contributed by atoms with Crippen LogP contribution in [0, 0.1) is 0 Å². The summed E-state index contributed by atoms with van der Waals surface area (Å²) in [6, 6.07) is 8.94. The second-order valence-corrected chi connectivity index (χ2v) is 5.06. The molecule has 2 N–H and O–H groups in total. The van der Waals surface area contributed by atoms with Gasteiger partial charge < -0.3 is 5.73 Å². The minimum atomic E-state index is -0.0535. The van der Waals surface area contributed by atoms with Crippen molar-refractivity contribution in [2.24, 2.45) is 5.73 Å². The van der Waals surface area contributed by atoms with Crippen LogP contribution >= 0.6 is 0 Å². The second-order valence-electron chi connectivity index (χ2n) is 5.06. The number of hydrogen-bond donors (Lipinski definition) is 1. The third kappa shape index (κ3) is 4.98. The first-order valence-electron chi connectivity index (χ1n) is 5.88. The van der Waals surface area contributed by atoms with Gasteiger partial charge in [0.05, 0.1) is 0 Å². The van der Waals surface area contributed by atoms with Crippen LogP contribution in [0.4, 0.5) is 0 Å². The first kappa shape index (κ1) is 12.3. The Labute approximate surface area is 93.7 Å². The third-order valence-corrected chi connectivity index (χ3v) is 2.62. The Bertz CT molecular complexity index is 279. The summed E-state index contributed by atoms with van der Waals surface area (Å²) in [7, 11) is 0. The van der Waals surface area contributed by atoms with Crippen molar-refractivity contribution in [3.63, 3.8) is 0 Å². The van der Waals surface area contributed by atoms with Crippen molar-refractivity contribution < 1.29 is 0 Å². The molecule has 1 heteroatoms. The van der Waals surface area contributed by atoms with Crippen molar-refractivity contribution >= 4 is 0 Å². The molecule has 0 saturated heterocycles. The highest BCUT2D eigenvalue weighted by molar-refractivity contribution is 5.22. The molecule has 0 aromatic heterocycles. The summed E-state index contributed by atoms with van der Waals surface area (Å²) < 4.78 is 0. The van der Waals surface area contributed by atoms with Crippen LogP contribution in [0.5, 0.6) is 0 Å². The average molecular weight is 205 g/mol. The Balaban J connectivity index is 2.50. The molecule has 0 saturated carbocycles. The van der Waals surface area contributed by atoms with E-state index < -0.39 is 0 Å². The maximum atomic E-state index is 5.96. The Morgan fingerprint density at radius 1 is 1.00 bits per heavy atom. The summed E-state index contributed by atoms with van der Waals surface area (Å²) in [5, 5.41) is 0. The maximum Gasteiger partial charge on any atom is 0.0100 e. The van der Waals surface area contributed by atoms with Gasteiger partial charge in [-0.25, -0.2) is 0 Å². The lowest BCUT2D eigenvalue weighted by atomic mass is 9.96. The highest BCUT2D eigenvalue weighted by Crippen LogP contribution is 2.12. The van der Waals surface area contributed by atoms with Crippen molar-refractivity contribution in [1.82, 2.24) is 0 Å². The van der Waals surface area contributed by atoms with Crippen molar-refractivity contribution in [1.29, 1.82) is 0 Å². The molecule has 84 valence electrons. The van der Waals surface area contributed by atoms with Crippen LogP contribution in [0.2, 0.25) is 0 Å². The SMILES string of the molecule is CCCc1ccc(CCC(C)(C)N)cc1. The van der Waals surface area contributed by atoms with E-state index in [1.807, 2.05) is 0 Å². The first-order chi connectivity index (χ1) is 7.01. The maximum absolute atomic E-state index is 5.96.